The van der Waals surface area contributed by atoms with Crippen LogP contribution >= 0.6 is 0 Å². The molecule has 0 bridgehead atoms. The molecule has 0 aliphatic carbocycles. The molecule has 0 atom stereocenters. The van der Waals surface area contributed by atoms with Gasteiger partial charge in [0.25, 0.3) is 0 Å². The van der Waals surface area contributed by atoms with Gasteiger partial charge in [-0.05, 0) is 11.8 Å². The van der Waals surface area contributed by atoms with E-state index in [1.807, 2.05) is 0 Å². The van der Waals surface area contributed by atoms with Crippen LogP contribution in [0.15, 0.2) is 0 Å². The van der Waals surface area contributed by atoms with E-state index in [2.05, 4.69) is 32.0 Å². The van der Waals surface area contributed by atoms with Gasteiger partial charge in [0.1, 0.15) is 0 Å². The molecule has 0 radical (unpaired) electrons. The minimum atomic E-state index is 0.420. The van der Waals surface area contributed by atoms with Crippen molar-refractivity contribution in [2.24, 2.45) is 5.41 Å². The first-order chi connectivity index (χ1) is 6.62. The number of terminal acetylenes is 1. The predicted octanol–water partition coefficient (Wildman–Crippen LogP) is 3.21. The van der Waals surface area contributed by atoms with Gasteiger partial charge < -0.3 is 5.32 Å². The maximum atomic E-state index is 5.19. The van der Waals surface area contributed by atoms with Gasteiger partial charge in [-0.15, -0.1) is 12.3 Å². The van der Waals surface area contributed by atoms with E-state index in [4.69, 9.17) is 6.42 Å². The second-order valence-corrected chi connectivity index (χ2v) is 4.75. The normalized spacial score (nSPS) is 11.3. The first-order valence-electron chi connectivity index (χ1n) is 5.76. The first kappa shape index (κ1) is 13.5. The summed E-state index contributed by atoms with van der Waals surface area (Å²) in [4.78, 5) is 0. The van der Waals surface area contributed by atoms with Gasteiger partial charge in [0.05, 0.1) is 0 Å². The third-order valence-corrected chi connectivity index (χ3v) is 2.51. The molecule has 0 saturated carbocycles. The molecule has 14 heavy (non-hydrogen) atoms. The zero-order valence-electron chi connectivity index (χ0n) is 10.0. The van der Waals surface area contributed by atoms with Crippen LogP contribution < -0.4 is 5.32 Å². The lowest BCUT2D eigenvalue weighted by Gasteiger charge is -2.24. The Balaban J connectivity index is 3.46. The zero-order chi connectivity index (χ0) is 10.9. The van der Waals surface area contributed by atoms with Gasteiger partial charge in [0.2, 0.25) is 0 Å². The van der Waals surface area contributed by atoms with Crippen LogP contribution in [0, 0.1) is 17.8 Å². The lowest BCUT2D eigenvalue weighted by atomic mass is 9.87. The van der Waals surface area contributed by atoms with Gasteiger partial charge in [-0.1, -0.05) is 40.0 Å². The summed E-state index contributed by atoms with van der Waals surface area (Å²) < 4.78 is 0. The van der Waals surface area contributed by atoms with Gasteiger partial charge in [-0.2, -0.15) is 0 Å². The summed E-state index contributed by atoms with van der Waals surface area (Å²) in [6.07, 6.45) is 11.3. The molecule has 0 spiro atoms. The van der Waals surface area contributed by atoms with Crippen LogP contribution in [0.3, 0.4) is 0 Å². The van der Waals surface area contributed by atoms with Crippen LogP contribution in [0.2, 0.25) is 0 Å². The number of hydrogen-bond acceptors (Lipinski definition) is 1. The summed E-state index contributed by atoms with van der Waals surface area (Å²) in [5.41, 5.74) is 0.420. The molecular formula is C13H25N. The Morgan fingerprint density at radius 3 is 2.57 bits per heavy atom. The van der Waals surface area contributed by atoms with Crippen molar-refractivity contribution in [1.29, 1.82) is 0 Å². The van der Waals surface area contributed by atoms with E-state index in [9.17, 15) is 0 Å². The molecule has 0 unspecified atom stereocenters. The van der Waals surface area contributed by atoms with Gasteiger partial charge in [0, 0.05) is 19.5 Å². The topological polar surface area (TPSA) is 12.0 Å². The summed E-state index contributed by atoms with van der Waals surface area (Å²) in [5.74, 6) is 2.64. The van der Waals surface area contributed by atoms with E-state index in [0.717, 1.165) is 19.5 Å². The Morgan fingerprint density at radius 2 is 2.00 bits per heavy atom. The van der Waals surface area contributed by atoms with Crippen molar-refractivity contribution in [2.45, 2.75) is 52.9 Å². The Bertz CT molecular complexity index is 165. The third kappa shape index (κ3) is 8.13. The van der Waals surface area contributed by atoms with Gasteiger partial charge in [0.15, 0.2) is 0 Å². The number of unbranched alkanes of at least 4 members (excludes halogenated alkanes) is 2. The van der Waals surface area contributed by atoms with Crippen LogP contribution in [0.4, 0.5) is 0 Å². The molecule has 0 aromatic carbocycles. The van der Waals surface area contributed by atoms with Crippen LogP contribution in [0.25, 0.3) is 0 Å². The lowest BCUT2D eigenvalue weighted by molar-refractivity contribution is 0.304. The summed E-state index contributed by atoms with van der Waals surface area (Å²) in [5, 5.41) is 3.41. The molecule has 0 fully saturated rings. The van der Waals surface area contributed by atoms with Crippen LogP contribution in [0.1, 0.15) is 52.9 Å². The van der Waals surface area contributed by atoms with Crippen LogP contribution in [-0.2, 0) is 0 Å². The SMILES string of the molecule is C#CCCNCC(C)(C)CCCCC. The molecular weight excluding hydrogens is 170 g/mol. The van der Waals surface area contributed by atoms with Crippen molar-refractivity contribution in [3.63, 3.8) is 0 Å². The quantitative estimate of drug-likeness (QED) is 0.463. The van der Waals surface area contributed by atoms with Crippen LogP contribution in [-0.4, -0.2) is 13.1 Å². The van der Waals surface area contributed by atoms with E-state index >= 15 is 0 Å². The Morgan fingerprint density at radius 1 is 1.29 bits per heavy atom. The lowest BCUT2D eigenvalue weighted by Crippen LogP contribution is -2.29. The summed E-state index contributed by atoms with van der Waals surface area (Å²) in [7, 11) is 0. The van der Waals surface area contributed by atoms with E-state index < -0.39 is 0 Å². The average molecular weight is 195 g/mol. The Kier molecular flexibility index (Phi) is 7.61. The van der Waals surface area contributed by atoms with Crippen molar-refractivity contribution in [3.8, 4) is 12.3 Å². The molecule has 0 heterocycles. The summed E-state index contributed by atoms with van der Waals surface area (Å²) in [6.45, 7) is 8.93. The standard InChI is InChI=1S/C13H25N/c1-5-7-9-10-13(3,4)12-14-11-8-6-2/h2,14H,5,7-12H2,1,3-4H3. The number of rotatable bonds is 8. The molecule has 0 amide bonds. The molecule has 0 saturated heterocycles. The van der Waals surface area contributed by atoms with Crippen molar-refractivity contribution in [1.82, 2.24) is 5.32 Å². The van der Waals surface area contributed by atoms with E-state index in [1.54, 1.807) is 0 Å². The highest BCUT2D eigenvalue weighted by atomic mass is 14.9. The number of nitrogens with one attached hydrogen (secondary N) is 1. The molecule has 0 aromatic heterocycles. The summed E-state index contributed by atoms with van der Waals surface area (Å²) >= 11 is 0. The zero-order valence-corrected chi connectivity index (χ0v) is 10.0. The maximum Gasteiger partial charge on any atom is 0.0211 e. The predicted molar refractivity (Wildman–Crippen MR) is 64.2 cm³/mol. The fourth-order valence-electron chi connectivity index (χ4n) is 1.53. The third-order valence-electron chi connectivity index (χ3n) is 2.51. The molecule has 0 rings (SSSR count). The number of hydrogen-bond donors (Lipinski definition) is 1. The second-order valence-electron chi connectivity index (χ2n) is 4.75. The minimum absolute atomic E-state index is 0.420. The molecule has 82 valence electrons. The van der Waals surface area contributed by atoms with Crippen molar-refractivity contribution < 1.29 is 0 Å². The van der Waals surface area contributed by atoms with Gasteiger partial charge >= 0.3 is 0 Å². The van der Waals surface area contributed by atoms with Crippen molar-refractivity contribution in [2.75, 3.05) is 13.1 Å². The van der Waals surface area contributed by atoms with Crippen LogP contribution in [0.5, 0.6) is 0 Å². The average Bonchev–Trinajstić information content (AvgIpc) is 2.13. The van der Waals surface area contributed by atoms with Gasteiger partial charge in [-0.25, -0.2) is 0 Å². The highest BCUT2D eigenvalue weighted by Crippen LogP contribution is 2.22. The first-order valence-corrected chi connectivity index (χ1v) is 5.76. The Labute approximate surface area is 89.7 Å². The van der Waals surface area contributed by atoms with E-state index in [-0.39, 0.29) is 0 Å². The maximum absolute atomic E-state index is 5.19. The highest BCUT2D eigenvalue weighted by Gasteiger charge is 2.15. The smallest absolute Gasteiger partial charge is 0.0211 e. The fraction of sp³-hybridized carbons (Fsp3) is 0.846. The fourth-order valence-corrected chi connectivity index (χ4v) is 1.53. The molecule has 1 nitrogen and oxygen atoms in total. The minimum Gasteiger partial charge on any atom is -0.315 e. The Hall–Kier alpha value is -0.480. The highest BCUT2D eigenvalue weighted by molar-refractivity contribution is 4.84. The molecule has 0 aliphatic rings. The van der Waals surface area contributed by atoms with Crippen molar-refractivity contribution >= 4 is 0 Å². The molecule has 1 heteroatoms. The summed E-state index contributed by atoms with van der Waals surface area (Å²) in [6, 6.07) is 0. The second kappa shape index (κ2) is 7.88. The monoisotopic (exact) mass is 195 g/mol. The molecule has 0 aromatic rings. The largest absolute Gasteiger partial charge is 0.315 e. The van der Waals surface area contributed by atoms with Gasteiger partial charge in [-0.3, -0.25) is 0 Å². The molecule has 1 N–H and O–H groups in total. The molecule has 0 aliphatic heterocycles. The van der Waals surface area contributed by atoms with E-state index in [1.165, 1.54) is 25.7 Å². The van der Waals surface area contributed by atoms with E-state index in [0.29, 0.717) is 5.41 Å². The van der Waals surface area contributed by atoms with Crippen molar-refractivity contribution in [3.05, 3.63) is 0 Å².